The summed E-state index contributed by atoms with van der Waals surface area (Å²) in [6, 6.07) is 6.76. The van der Waals surface area contributed by atoms with E-state index in [0.717, 1.165) is 6.07 Å². The maximum atomic E-state index is 13.4. The number of fused-ring (bicyclic) bond motifs is 3. The Kier molecular flexibility index (Phi) is 5.42. The van der Waals surface area contributed by atoms with Gasteiger partial charge in [0, 0.05) is 11.9 Å². The lowest BCUT2D eigenvalue weighted by Gasteiger charge is -2.23. The summed E-state index contributed by atoms with van der Waals surface area (Å²) in [7, 11) is 1.43. The molecule has 10 heteroatoms. The van der Waals surface area contributed by atoms with Crippen molar-refractivity contribution in [1.29, 1.82) is 0 Å². The molecule has 0 radical (unpaired) electrons. The summed E-state index contributed by atoms with van der Waals surface area (Å²) >= 11 is 0. The molecule has 1 aliphatic heterocycles. The molecule has 0 bridgehead atoms. The van der Waals surface area contributed by atoms with E-state index in [-0.39, 0.29) is 22.5 Å². The van der Waals surface area contributed by atoms with Gasteiger partial charge in [-0.15, -0.1) is 4.91 Å². The number of aromatic nitrogens is 2. The van der Waals surface area contributed by atoms with Crippen molar-refractivity contribution in [2.75, 3.05) is 19.0 Å². The average molecular weight is 459 g/mol. The van der Waals surface area contributed by atoms with Gasteiger partial charge in [-0.3, -0.25) is 4.99 Å². The number of halogens is 3. The number of nitrogens with zero attached hydrogens (tertiary/aromatic N) is 4. The number of hydrogen-bond acceptors (Lipinski definition) is 6. The zero-order chi connectivity index (χ0) is 24.1. The minimum Gasteiger partial charge on any atom is -0.494 e. The van der Waals surface area contributed by atoms with E-state index in [4.69, 9.17) is 9.73 Å². The van der Waals surface area contributed by atoms with Crippen molar-refractivity contribution in [1.82, 2.24) is 9.55 Å². The Labute approximate surface area is 188 Å². The molecule has 174 valence electrons. The van der Waals surface area contributed by atoms with E-state index < -0.39 is 17.8 Å². The first-order valence-corrected chi connectivity index (χ1v) is 10.4. The van der Waals surface area contributed by atoms with Gasteiger partial charge in [0.1, 0.15) is 5.75 Å². The lowest BCUT2D eigenvalue weighted by atomic mass is 9.97. The first-order valence-electron chi connectivity index (χ1n) is 10.4. The van der Waals surface area contributed by atoms with Gasteiger partial charge in [0.25, 0.3) is 0 Å². The monoisotopic (exact) mass is 459 g/mol. The number of methoxy groups -OCH3 is 1. The second-order valence-corrected chi connectivity index (χ2v) is 8.72. The Morgan fingerprint density at radius 2 is 2.00 bits per heavy atom. The number of nitroso groups, excluding NO2 is 1. The predicted octanol–water partition coefficient (Wildman–Crippen LogP) is 5.59. The van der Waals surface area contributed by atoms with Crippen molar-refractivity contribution in [3.8, 4) is 5.75 Å². The first-order chi connectivity index (χ1) is 15.5. The smallest absolute Gasteiger partial charge is 0.416 e. The number of anilines is 1. The minimum atomic E-state index is -4.45. The number of hydrogen-bond donors (Lipinski definition) is 1. The van der Waals surface area contributed by atoms with Crippen LogP contribution in [-0.2, 0) is 11.7 Å². The molecule has 0 unspecified atom stereocenters. The van der Waals surface area contributed by atoms with Gasteiger partial charge >= 0.3 is 6.18 Å². The van der Waals surface area contributed by atoms with Gasteiger partial charge in [-0.05, 0) is 62.2 Å². The lowest BCUT2D eigenvalue weighted by Crippen LogP contribution is -2.27. The van der Waals surface area contributed by atoms with E-state index in [1.54, 1.807) is 25.1 Å². The van der Waals surface area contributed by atoms with Crippen LogP contribution in [0, 0.1) is 11.8 Å². The van der Waals surface area contributed by atoms with Crippen molar-refractivity contribution in [3.63, 3.8) is 0 Å². The molecule has 1 atom stereocenters. The molecule has 0 saturated carbocycles. The Bertz CT molecular complexity index is 1330. The summed E-state index contributed by atoms with van der Waals surface area (Å²) in [5.74, 6) is 0.823. The fourth-order valence-electron chi connectivity index (χ4n) is 4.35. The van der Waals surface area contributed by atoms with Gasteiger partial charge in [0.15, 0.2) is 11.2 Å². The third-order valence-electron chi connectivity index (χ3n) is 6.03. The standard InChI is InChI=1S/C23H24F3N5O2/c1-12-14(7-6-8-16(12)23(24,25)26)13(2)28-20-15-9-19(33-5)17(30-32)10-18(15)31-21(29-20)27-11-22(31,3)4/h6-10,13H,11H2,1-5H3,(H,27,28,29)/t13-/m1/s1. The molecule has 1 aliphatic rings. The highest BCUT2D eigenvalue weighted by atomic mass is 19.4. The summed E-state index contributed by atoms with van der Waals surface area (Å²) < 4.78 is 47.5. The van der Waals surface area contributed by atoms with Crippen molar-refractivity contribution < 1.29 is 17.9 Å². The molecule has 3 aromatic rings. The SMILES string of the molecule is COc1cc2c(=N[C@H](C)c3cccc(C(F)(F)F)c3C)nc3n(c2cc1N=O)C(C)(C)CN3. The summed E-state index contributed by atoms with van der Waals surface area (Å²) in [5.41, 5.74) is 0.720. The van der Waals surface area contributed by atoms with Gasteiger partial charge in [-0.1, -0.05) is 12.1 Å². The molecule has 1 aromatic heterocycles. The molecule has 33 heavy (non-hydrogen) atoms. The average Bonchev–Trinajstić information content (AvgIpc) is 3.06. The number of benzene rings is 2. The third kappa shape index (κ3) is 3.83. The zero-order valence-electron chi connectivity index (χ0n) is 18.9. The van der Waals surface area contributed by atoms with E-state index in [1.807, 2.05) is 18.4 Å². The number of ether oxygens (including phenoxy) is 1. The van der Waals surface area contributed by atoms with Crippen LogP contribution in [0.25, 0.3) is 10.9 Å². The molecule has 4 rings (SSSR count). The molecule has 0 amide bonds. The van der Waals surface area contributed by atoms with Crippen molar-refractivity contribution >= 4 is 22.5 Å². The van der Waals surface area contributed by atoms with Crippen LogP contribution in [0.1, 0.15) is 43.5 Å². The second kappa shape index (κ2) is 7.86. The molecule has 0 saturated heterocycles. The van der Waals surface area contributed by atoms with E-state index >= 15 is 0 Å². The zero-order valence-corrected chi connectivity index (χ0v) is 18.9. The topological polar surface area (TPSA) is 80.9 Å². The molecular formula is C23H24F3N5O2. The highest BCUT2D eigenvalue weighted by Gasteiger charge is 2.34. The molecular weight excluding hydrogens is 435 g/mol. The van der Waals surface area contributed by atoms with Crippen LogP contribution in [0.4, 0.5) is 24.8 Å². The molecule has 0 spiro atoms. The second-order valence-electron chi connectivity index (χ2n) is 8.72. The highest BCUT2D eigenvalue weighted by molar-refractivity contribution is 5.86. The van der Waals surface area contributed by atoms with Crippen LogP contribution in [0.5, 0.6) is 5.75 Å². The molecule has 0 aliphatic carbocycles. The number of alkyl halides is 3. The van der Waals surface area contributed by atoms with Crippen molar-refractivity contribution in [2.45, 2.75) is 45.5 Å². The minimum absolute atomic E-state index is 0.130. The Hall–Kier alpha value is -3.43. The quantitative estimate of drug-likeness (QED) is 0.516. The highest BCUT2D eigenvalue weighted by Crippen LogP contribution is 2.37. The van der Waals surface area contributed by atoms with E-state index in [9.17, 15) is 18.1 Å². The number of nitrogens with one attached hydrogen (secondary N) is 1. The van der Waals surface area contributed by atoms with Crippen LogP contribution in [0.3, 0.4) is 0 Å². The summed E-state index contributed by atoms with van der Waals surface area (Å²) in [6.07, 6.45) is -4.45. The lowest BCUT2D eigenvalue weighted by molar-refractivity contribution is -0.138. The fourth-order valence-corrected chi connectivity index (χ4v) is 4.35. The first kappa shape index (κ1) is 22.8. The largest absolute Gasteiger partial charge is 0.494 e. The molecule has 2 aromatic carbocycles. The summed E-state index contributed by atoms with van der Waals surface area (Å²) in [6.45, 7) is 7.84. The van der Waals surface area contributed by atoms with Gasteiger partial charge in [0.2, 0.25) is 5.95 Å². The summed E-state index contributed by atoms with van der Waals surface area (Å²) in [4.78, 5) is 20.8. The van der Waals surface area contributed by atoms with E-state index in [1.165, 1.54) is 20.1 Å². The fraction of sp³-hybridized carbons (Fsp3) is 0.391. The van der Waals surface area contributed by atoms with Gasteiger partial charge in [-0.2, -0.15) is 18.2 Å². The predicted molar refractivity (Wildman–Crippen MR) is 120 cm³/mol. The molecule has 2 heterocycles. The van der Waals surface area contributed by atoms with Crippen LogP contribution in [0.2, 0.25) is 0 Å². The van der Waals surface area contributed by atoms with Crippen LogP contribution < -0.4 is 15.5 Å². The van der Waals surface area contributed by atoms with E-state index in [0.29, 0.717) is 34.4 Å². The van der Waals surface area contributed by atoms with Crippen molar-refractivity contribution in [3.05, 3.63) is 57.4 Å². The maximum Gasteiger partial charge on any atom is 0.416 e. The van der Waals surface area contributed by atoms with Crippen molar-refractivity contribution in [2.24, 2.45) is 10.2 Å². The normalized spacial score (nSPS) is 16.4. The van der Waals surface area contributed by atoms with Gasteiger partial charge in [-0.25, -0.2) is 0 Å². The Balaban J connectivity index is 1.99. The molecule has 0 fully saturated rings. The molecule has 1 N–H and O–H groups in total. The summed E-state index contributed by atoms with van der Waals surface area (Å²) in [5, 5.41) is 6.93. The van der Waals surface area contributed by atoms with Crippen LogP contribution >= 0.6 is 0 Å². The van der Waals surface area contributed by atoms with Gasteiger partial charge in [0.05, 0.1) is 29.8 Å². The third-order valence-corrected chi connectivity index (χ3v) is 6.03. The van der Waals surface area contributed by atoms with Gasteiger partial charge < -0.3 is 14.6 Å². The number of rotatable bonds is 4. The maximum absolute atomic E-state index is 13.4. The van der Waals surface area contributed by atoms with Crippen LogP contribution in [-0.4, -0.2) is 23.2 Å². The molecule has 7 nitrogen and oxygen atoms in total. The Morgan fingerprint density at radius 1 is 1.27 bits per heavy atom. The van der Waals surface area contributed by atoms with E-state index in [2.05, 4.69) is 15.5 Å². The van der Waals surface area contributed by atoms with Crippen LogP contribution in [0.15, 0.2) is 40.5 Å². The Morgan fingerprint density at radius 3 is 2.64 bits per heavy atom.